The molecule has 2 aromatic rings. The van der Waals surface area contributed by atoms with E-state index in [0.717, 1.165) is 11.1 Å². The van der Waals surface area contributed by atoms with Gasteiger partial charge in [-0.05, 0) is 43.7 Å². The largest absolute Gasteiger partial charge is 0.482 e. The summed E-state index contributed by atoms with van der Waals surface area (Å²) in [5.74, 6) is 0.324. The average molecular weight is 281 g/mol. The van der Waals surface area contributed by atoms with Crippen molar-refractivity contribution in [1.29, 1.82) is 0 Å². The van der Waals surface area contributed by atoms with Gasteiger partial charge in [-0.1, -0.05) is 17.7 Å². The molecule has 0 spiro atoms. The van der Waals surface area contributed by atoms with Crippen LogP contribution in [0.2, 0.25) is 0 Å². The first-order chi connectivity index (χ1) is 10.0. The summed E-state index contributed by atoms with van der Waals surface area (Å²) in [6.07, 6.45) is 0. The van der Waals surface area contributed by atoms with Crippen molar-refractivity contribution in [1.82, 2.24) is 0 Å². The highest BCUT2D eigenvalue weighted by atomic mass is 16.5. The lowest BCUT2D eigenvalue weighted by Crippen LogP contribution is -2.25. The molecule has 1 heterocycles. The van der Waals surface area contributed by atoms with Crippen LogP contribution in [0.15, 0.2) is 36.4 Å². The average Bonchev–Trinajstić information content (AvgIpc) is 2.48. The second-order valence-corrected chi connectivity index (χ2v) is 5.20. The summed E-state index contributed by atoms with van der Waals surface area (Å²) in [6.45, 7) is 3.88. The number of benzene rings is 2. The van der Waals surface area contributed by atoms with E-state index in [1.54, 1.807) is 18.2 Å². The summed E-state index contributed by atoms with van der Waals surface area (Å²) in [4.78, 5) is 24.0. The molecule has 21 heavy (non-hydrogen) atoms. The van der Waals surface area contributed by atoms with Crippen molar-refractivity contribution in [2.75, 3.05) is 11.9 Å². The molecule has 0 saturated heterocycles. The molecule has 106 valence electrons. The van der Waals surface area contributed by atoms with Crippen molar-refractivity contribution in [3.8, 4) is 5.75 Å². The minimum atomic E-state index is -0.209. The topological polar surface area (TPSA) is 55.4 Å². The minimum Gasteiger partial charge on any atom is -0.482 e. The molecule has 3 rings (SSSR count). The van der Waals surface area contributed by atoms with Crippen LogP contribution in [0.5, 0.6) is 5.75 Å². The first-order valence-electron chi connectivity index (χ1n) is 6.73. The van der Waals surface area contributed by atoms with E-state index in [0.29, 0.717) is 22.6 Å². The predicted octanol–water partition coefficient (Wildman–Crippen LogP) is 2.87. The fourth-order valence-electron chi connectivity index (χ4n) is 2.36. The number of amides is 1. The van der Waals surface area contributed by atoms with Crippen LogP contribution in [0.1, 0.15) is 27.0 Å². The van der Waals surface area contributed by atoms with Crippen LogP contribution < -0.4 is 10.1 Å². The molecule has 0 atom stereocenters. The number of anilines is 1. The van der Waals surface area contributed by atoms with Gasteiger partial charge >= 0.3 is 0 Å². The van der Waals surface area contributed by atoms with Crippen molar-refractivity contribution in [2.45, 2.75) is 13.8 Å². The Hall–Kier alpha value is -2.62. The maximum Gasteiger partial charge on any atom is 0.262 e. The van der Waals surface area contributed by atoms with Gasteiger partial charge in [-0.3, -0.25) is 9.59 Å². The molecule has 1 N–H and O–H groups in total. The highest BCUT2D eigenvalue weighted by Gasteiger charge is 2.19. The van der Waals surface area contributed by atoms with Gasteiger partial charge in [0, 0.05) is 11.1 Å². The Balaban J connectivity index is 2.00. The van der Waals surface area contributed by atoms with E-state index in [9.17, 15) is 9.59 Å². The smallest absolute Gasteiger partial charge is 0.262 e. The number of aryl methyl sites for hydroxylation is 2. The number of hydrogen-bond acceptors (Lipinski definition) is 3. The van der Waals surface area contributed by atoms with Crippen LogP contribution in [0.3, 0.4) is 0 Å². The van der Waals surface area contributed by atoms with Gasteiger partial charge in [0.2, 0.25) is 0 Å². The number of fused-ring (bicyclic) bond motifs is 1. The molecule has 0 fully saturated rings. The van der Waals surface area contributed by atoms with Crippen LogP contribution in [-0.4, -0.2) is 18.3 Å². The molecule has 0 unspecified atom stereocenters. The molecule has 1 amide bonds. The Morgan fingerprint density at radius 2 is 1.95 bits per heavy atom. The molecule has 4 heteroatoms. The fraction of sp³-hybridized carbons (Fsp3) is 0.176. The Bertz CT molecular complexity index is 750. The Morgan fingerprint density at radius 1 is 1.14 bits per heavy atom. The third-order valence-corrected chi connectivity index (χ3v) is 3.51. The summed E-state index contributed by atoms with van der Waals surface area (Å²) in [5.41, 5.74) is 3.73. The van der Waals surface area contributed by atoms with Crippen LogP contribution in [0.4, 0.5) is 5.69 Å². The van der Waals surface area contributed by atoms with Crippen molar-refractivity contribution in [3.05, 3.63) is 58.7 Å². The lowest BCUT2D eigenvalue weighted by atomic mass is 9.97. The van der Waals surface area contributed by atoms with E-state index in [1.807, 2.05) is 32.0 Å². The molecule has 0 saturated carbocycles. The lowest BCUT2D eigenvalue weighted by molar-refractivity contribution is -0.118. The van der Waals surface area contributed by atoms with E-state index >= 15 is 0 Å². The molecule has 2 aromatic carbocycles. The summed E-state index contributed by atoms with van der Waals surface area (Å²) in [7, 11) is 0. The number of rotatable bonds is 2. The lowest BCUT2D eigenvalue weighted by Gasteiger charge is -2.18. The van der Waals surface area contributed by atoms with E-state index in [-0.39, 0.29) is 18.3 Å². The predicted molar refractivity (Wildman–Crippen MR) is 79.9 cm³/mol. The van der Waals surface area contributed by atoms with Gasteiger partial charge in [0.25, 0.3) is 5.91 Å². The summed E-state index contributed by atoms with van der Waals surface area (Å²) in [6, 6.07) is 10.9. The molecule has 0 bridgehead atoms. The number of carbonyl (C=O) groups excluding carboxylic acids is 2. The third-order valence-electron chi connectivity index (χ3n) is 3.51. The molecular formula is C17H15NO3. The number of ether oxygens (including phenoxy) is 1. The van der Waals surface area contributed by atoms with Crippen molar-refractivity contribution < 1.29 is 14.3 Å². The Kier molecular flexibility index (Phi) is 3.22. The maximum absolute atomic E-state index is 12.6. The zero-order valence-corrected chi connectivity index (χ0v) is 11.9. The van der Waals surface area contributed by atoms with Crippen molar-refractivity contribution >= 4 is 17.4 Å². The van der Waals surface area contributed by atoms with Gasteiger partial charge < -0.3 is 10.1 Å². The molecule has 1 aliphatic rings. The normalized spacial score (nSPS) is 13.1. The highest BCUT2D eigenvalue weighted by molar-refractivity contribution is 6.11. The summed E-state index contributed by atoms with van der Waals surface area (Å²) in [5, 5.41) is 2.72. The second-order valence-electron chi connectivity index (χ2n) is 5.20. The first-order valence-corrected chi connectivity index (χ1v) is 6.73. The molecule has 0 radical (unpaired) electrons. The number of carbonyl (C=O) groups is 2. The monoisotopic (exact) mass is 281 g/mol. The summed E-state index contributed by atoms with van der Waals surface area (Å²) >= 11 is 0. The zero-order valence-electron chi connectivity index (χ0n) is 11.9. The number of ketones is 1. The van der Waals surface area contributed by atoms with Crippen LogP contribution in [-0.2, 0) is 4.79 Å². The minimum absolute atomic E-state index is 0.0112. The number of nitrogens with one attached hydrogen (secondary N) is 1. The van der Waals surface area contributed by atoms with Gasteiger partial charge in [-0.2, -0.15) is 0 Å². The highest BCUT2D eigenvalue weighted by Crippen LogP contribution is 2.29. The second kappa shape index (κ2) is 5.05. The molecule has 4 nitrogen and oxygen atoms in total. The van der Waals surface area contributed by atoms with Gasteiger partial charge in [-0.25, -0.2) is 0 Å². The Morgan fingerprint density at radius 3 is 2.76 bits per heavy atom. The maximum atomic E-state index is 12.6. The van der Waals surface area contributed by atoms with Crippen LogP contribution in [0.25, 0.3) is 0 Å². The zero-order chi connectivity index (χ0) is 15.0. The van der Waals surface area contributed by atoms with Crippen LogP contribution in [0, 0.1) is 13.8 Å². The molecule has 0 aliphatic carbocycles. The van der Waals surface area contributed by atoms with E-state index in [1.165, 1.54) is 0 Å². The third kappa shape index (κ3) is 2.52. The molecular weight excluding hydrogens is 266 g/mol. The van der Waals surface area contributed by atoms with Gasteiger partial charge in [-0.15, -0.1) is 0 Å². The van der Waals surface area contributed by atoms with Crippen molar-refractivity contribution in [3.63, 3.8) is 0 Å². The first kappa shape index (κ1) is 13.4. The van der Waals surface area contributed by atoms with E-state index < -0.39 is 0 Å². The standard InChI is InChI=1S/C17H15NO3/c1-10-3-4-11(2)13(7-10)17(20)12-5-6-15-14(8-12)18-16(19)9-21-15/h3-8H,9H2,1-2H3,(H,18,19). The summed E-state index contributed by atoms with van der Waals surface area (Å²) < 4.78 is 5.30. The van der Waals surface area contributed by atoms with E-state index in [2.05, 4.69) is 5.32 Å². The molecule has 0 aromatic heterocycles. The fourth-order valence-corrected chi connectivity index (χ4v) is 2.36. The Labute approximate surface area is 122 Å². The van der Waals surface area contributed by atoms with Gasteiger partial charge in [0.1, 0.15) is 5.75 Å². The SMILES string of the molecule is Cc1ccc(C)c(C(=O)c2ccc3c(c2)NC(=O)CO3)c1. The quantitative estimate of drug-likeness (QED) is 0.861. The molecule has 1 aliphatic heterocycles. The number of hydrogen-bond donors (Lipinski definition) is 1. The van der Waals surface area contributed by atoms with Gasteiger partial charge in [0.15, 0.2) is 12.4 Å². The van der Waals surface area contributed by atoms with Crippen molar-refractivity contribution in [2.24, 2.45) is 0 Å². The van der Waals surface area contributed by atoms with Crippen LogP contribution >= 0.6 is 0 Å². The van der Waals surface area contributed by atoms with E-state index in [4.69, 9.17) is 4.74 Å². The van der Waals surface area contributed by atoms with Gasteiger partial charge in [0.05, 0.1) is 5.69 Å².